The van der Waals surface area contributed by atoms with Crippen LogP contribution in [0.15, 0.2) is 24.5 Å². The topological polar surface area (TPSA) is 50.1 Å². The van der Waals surface area contributed by atoms with Crippen molar-refractivity contribution in [3.8, 4) is 5.75 Å². The second kappa shape index (κ2) is 4.72. The van der Waals surface area contributed by atoms with Gasteiger partial charge in [-0.05, 0) is 44.0 Å². The normalized spacial score (nSPS) is 12.4. The number of hydrogen-bond donors (Lipinski definition) is 2. The van der Waals surface area contributed by atoms with Crippen LogP contribution in [0.1, 0.15) is 29.9 Å². The van der Waals surface area contributed by atoms with Gasteiger partial charge in [-0.25, -0.2) is 4.98 Å². The highest BCUT2D eigenvalue weighted by molar-refractivity contribution is 5.57. The highest BCUT2D eigenvalue weighted by Gasteiger charge is 2.12. The smallest absolute Gasteiger partial charge is 0.130 e. The van der Waals surface area contributed by atoms with Crippen LogP contribution in [-0.4, -0.2) is 14.7 Å². The fraction of sp³-hybridized carbons (Fsp3) is 0.357. The lowest BCUT2D eigenvalue weighted by molar-refractivity contribution is 0.470. The molecule has 1 aromatic heterocycles. The molecule has 2 aromatic rings. The number of benzene rings is 1. The van der Waals surface area contributed by atoms with Gasteiger partial charge in [-0.15, -0.1) is 0 Å². The number of phenolic OH excluding ortho intramolecular Hbond substituents is 1. The van der Waals surface area contributed by atoms with Crippen LogP contribution >= 0.6 is 0 Å². The lowest BCUT2D eigenvalue weighted by Crippen LogP contribution is -2.12. The van der Waals surface area contributed by atoms with E-state index in [9.17, 15) is 5.11 Å². The molecule has 0 saturated carbocycles. The molecule has 0 radical (unpaired) electrons. The van der Waals surface area contributed by atoms with E-state index in [1.54, 1.807) is 12.3 Å². The first-order valence-corrected chi connectivity index (χ1v) is 6.03. The number of rotatable bonds is 3. The summed E-state index contributed by atoms with van der Waals surface area (Å²) in [5.41, 5.74) is 2.93. The van der Waals surface area contributed by atoms with Gasteiger partial charge in [0.15, 0.2) is 0 Å². The van der Waals surface area contributed by atoms with Gasteiger partial charge in [-0.3, -0.25) is 0 Å². The lowest BCUT2D eigenvalue weighted by Gasteiger charge is -2.17. The Balaban J connectivity index is 2.24. The van der Waals surface area contributed by atoms with Crippen molar-refractivity contribution in [1.29, 1.82) is 0 Å². The van der Waals surface area contributed by atoms with Crippen molar-refractivity contribution in [2.75, 3.05) is 5.32 Å². The molecule has 0 saturated heterocycles. The molecule has 1 atom stereocenters. The fourth-order valence-electron chi connectivity index (χ4n) is 2.05. The van der Waals surface area contributed by atoms with Gasteiger partial charge in [0.1, 0.15) is 11.6 Å². The van der Waals surface area contributed by atoms with E-state index < -0.39 is 0 Å². The molecule has 0 spiro atoms. The third kappa shape index (κ3) is 2.32. The lowest BCUT2D eigenvalue weighted by atomic mass is 10.1. The number of aromatic nitrogens is 2. The van der Waals surface area contributed by atoms with Crippen molar-refractivity contribution in [2.24, 2.45) is 7.05 Å². The number of nitrogens with one attached hydrogen (secondary N) is 1. The van der Waals surface area contributed by atoms with E-state index >= 15 is 0 Å². The number of nitrogens with zero attached hydrogens (tertiary/aromatic N) is 2. The Morgan fingerprint density at radius 2 is 2.00 bits per heavy atom. The molecule has 4 nitrogen and oxygen atoms in total. The Bertz CT molecular complexity index is 560. The molecule has 0 aliphatic heterocycles. The summed E-state index contributed by atoms with van der Waals surface area (Å²) in [6, 6.07) is 3.86. The van der Waals surface area contributed by atoms with Gasteiger partial charge >= 0.3 is 0 Å². The van der Waals surface area contributed by atoms with Gasteiger partial charge in [0.25, 0.3) is 0 Å². The van der Waals surface area contributed by atoms with Crippen LogP contribution in [0.25, 0.3) is 0 Å². The van der Waals surface area contributed by atoms with Crippen LogP contribution in [0.2, 0.25) is 0 Å². The molecule has 96 valence electrons. The third-order valence-corrected chi connectivity index (χ3v) is 3.16. The number of imidazole rings is 1. The van der Waals surface area contributed by atoms with E-state index in [-0.39, 0.29) is 6.04 Å². The van der Waals surface area contributed by atoms with Crippen molar-refractivity contribution in [3.63, 3.8) is 0 Å². The van der Waals surface area contributed by atoms with E-state index in [1.807, 2.05) is 37.7 Å². The largest absolute Gasteiger partial charge is 0.508 e. The summed E-state index contributed by atoms with van der Waals surface area (Å²) in [5, 5.41) is 13.1. The molecule has 0 amide bonds. The van der Waals surface area contributed by atoms with Gasteiger partial charge in [0.2, 0.25) is 0 Å². The second-order valence-electron chi connectivity index (χ2n) is 4.72. The molecule has 0 aliphatic carbocycles. The van der Waals surface area contributed by atoms with Gasteiger partial charge in [-0.1, -0.05) is 0 Å². The molecule has 18 heavy (non-hydrogen) atoms. The van der Waals surface area contributed by atoms with E-state index in [0.29, 0.717) is 5.75 Å². The Morgan fingerprint density at radius 1 is 1.28 bits per heavy atom. The molecule has 4 heteroatoms. The average Bonchev–Trinajstić information content (AvgIpc) is 2.72. The summed E-state index contributed by atoms with van der Waals surface area (Å²) in [6.07, 6.45) is 3.73. The Labute approximate surface area is 107 Å². The molecule has 0 bridgehead atoms. The number of aryl methyl sites for hydroxylation is 3. The van der Waals surface area contributed by atoms with Crippen molar-refractivity contribution in [1.82, 2.24) is 9.55 Å². The van der Waals surface area contributed by atoms with Crippen LogP contribution < -0.4 is 5.32 Å². The summed E-state index contributed by atoms with van der Waals surface area (Å²) < 4.78 is 2.00. The van der Waals surface area contributed by atoms with Crippen LogP contribution in [0.3, 0.4) is 0 Å². The maximum Gasteiger partial charge on any atom is 0.130 e. The molecular formula is C14H19N3O. The van der Waals surface area contributed by atoms with Crippen LogP contribution in [0.4, 0.5) is 5.69 Å². The number of aromatic hydroxyl groups is 1. The summed E-state index contributed by atoms with van der Waals surface area (Å²) >= 11 is 0. The molecule has 0 fully saturated rings. The molecule has 2 N–H and O–H groups in total. The molecule has 1 unspecified atom stereocenters. The Morgan fingerprint density at radius 3 is 2.61 bits per heavy atom. The monoisotopic (exact) mass is 245 g/mol. The van der Waals surface area contributed by atoms with Gasteiger partial charge in [-0.2, -0.15) is 0 Å². The Hall–Kier alpha value is -1.97. The summed E-state index contributed by atoms with van der Waals surface area (Å²) in [5.74, 6) is 1.32. The maximum atomic E-state index is 9.64. The van der Waals surface area contributed by atoms with Gasteiger partial charge < -0.3 is 15.0 Å². The predicted octanol–water partition coefficient (Wildman–Crippen LogP) is 2.92. The van der Waals surface area contributed by atoms with E-state index in [1.165, 1.54) is 0 Å². The van der Waals surface area contributed by atoms with Crippen LogP contribution in [0, 0.1) is 13.8 Å². The van der Waals surface area contributed by atoms with Crippen LogP contribution in [0.5, 0.6) is 5.75 Å². The number of phenols is 1. The van der Waals surface area contributed by atoms with Crippen molar-refractivity contribution >= 4 is 5.69 Å². The zero-order valence-corrected chi connectivity index (χ0v) is 11.2. The summed E-state index contributed by atoms with van der Waals surface area (Å²) in [4.78, 5) is 4.33. The van der Waals surface area contributed by atoms with Crippen molar-refractivity contribution in [2.45, 2.75) is 26.8 Å². The van der Waals surface area contributed by atoms with E-state index in [2.05, 4.69) is 17.2 Å². The minimum Gasteiger partial charge on any atom is -0.508 e. The van der Waals surface area contributed by atoms with Crippen molar-refractivity contribution in [3.05, 3.63) is 41.5 Å². The molecule has 1 aromatic carbocycles. The fourth-order valence-corrected chi connectivity index (χ4v) is 2.05. The zero-order valence-electron chi connectivity index (χ0n) is 11.2. The third-order valence-electron chi connectivity index (χ3n) is 3.16. The molecule has 0 aliphatic rings. The standard InChI is InChI=1S/C14H19N3O/c1-9-8-13(18)10(2)7-12(9)16-11(3)14-15-5-6-17(14)4/h5-8,11,16,18H,1-4H3. The van der Waals surface area contributed by atoms with Gasteiger partial charge in [0.05, 0.1) is 6.04 Å². The van der Waals surface area contributed by atoms with Crippen molar-refractivity contribution < 1.29 is 5.11 Å². The first-order valence-electron chi connectivity index (χ1n) is 6.03. The number of hydrogen-bond acceptors (Lipinski definition) is 3. The quantitative estimate of drug-likeness (QED) is 0.817. The van der Waals surface area contributed by atoms with E-state index in [4.69, 9.17) is 0 Å². The SMILES string of the molecule is Cc1cc(NC(C)c2nccn2C)c(C)cc1O. The first-order chi connectivity index (χ1) is 8.49. The highest BCUT2D eigenvalue weighted by atomic mass is 16.3. The minimum absolute atomic E-state index is 0.118. The minimum atomic E-state index is 0.118. The molecule has 1 heterocycles. The number of anilines is 1. The zero-order chi connectivity index (χ0) is 13.3. The predicted molar refractivity (Wildman–Crippen MR) is 72.8 cm³/mol. The summed E-state index contributed by atoms with van der Waals surface area (Å²) in [6.45, 7) is 5.95. The maximum absolute atomic E-state index is 9.64. The Kier molecular flexibility index (Phi) is 3.28. The van der Waals surface area contributed by atoms with Gasteiger partial charge in [0, 0.05) is 25.1 Å². The average molecular weight is 245 g/mol. The molecule has 2 rings (SSSR count). The first kappa shape index (κ1) is 12.5. The van der Waals surface area contributed by atoms with Crippen LogP contribution in [-0.2, 0) is 7.05 Å². The highest BCUT2D eigenvalue weighted by Crippen LogP contribution is 2.27. The van der Waals surface area contributed by atoms with E-state index in [0.717, 1.165) is 22.6 Å². The molecular weight excluding hydrogens is 226 g/mol. The summed E-state index contributed by atoms with van der Waals surface area (Å²) in [7, 11) is 1.98. The second-order valence-corrected chi connectivity index (χ2v) is 4.72.